The standard InChI is InChI=1S/C13H11ClF3NO/c1-7(2)10-6-9(14)8-4-3-5-11(12(8)18-10)19-13(15,16)17/h3-7H,1-2H3. The third kappa shape index (κ3) is 3.10. The first-order chi connectivity index (χ1) is 8.78. The van der Waals surface area contributed by atoms with Gasteiger partial charge in [0.05, 0.1) is 5.02 Å². The molecule has 19 heavy (non-hydrogen) atoms. The highest BCUT2D eigenvalue weighted by atomic mass is 35.5. The number of alkyl halides is 3. The van der Waals surface area contributed by atoms with Gasteiger partial charge in [0.25, 0.3) is 0 Å². The van der Waals surface area contributed by atoms with Crippen LogP contribution in [0.15, 0.2) is 24.3 Å². The summed E-state index contributed by atoms with van der Waals surface area (Å²) in [6.07, 6.45) is -4.75. The summed E-state index contributed by atoms with van der Waals surface area (Å²) < 4.78 is 41.0. The second-order valence-electron chi connectivity index (χ2n) is 4.38. The number of benzene rings is 1. The van der Waals surface area contributed by atoms with Crippen molar-refractivity contribution < 1.29 is 17.9 Å². The van der Waals surface area contributed by atoms with Crippen molar-refractivity contribution in [1.29, 1.82) is 0 Å². The molecule has 1 aromatic carbocycles. The average molecular weight is 290 g/mol. The normalized spacial score (nSPS) is 12.2. The molecule has 0 aliphatic heterocycles. The van der Waals surface area contributed by atoms with Crippen LogP contribution in [0, 0.1) is 0 Å². The highest BCUT2D eigenvalue weighted by molar-refractivity contribution is 6.35. The molecule has 0 aliphatic rings. The molecule has 0 saturated carbocycles. The Hall–Kier alpha value is -1.49. The van der Waals surface area contributed by atoms with Crippen molar-refractivity contribution in [2.24, 2.45) is 0 Å². The minimum Gasteiger partial charge on any atom is -0.403 e. The second kappa shape index (κ2) is 4.89. The number of hydrogen-bond acceptors (Lipinski definition) is 2. The lowest BCUT2D eigenvalue weighted by atomic mass is 10.1. The van der Waals surface area contributed by atoms with Crippen molar-refractivity contribution in [3.63, 3.8) is 0 Å². The Morgan fingerprint density at radius 3 is 2.53 bits per heavy atom. The van der Waals surface area contributed by atoms with E-state index in [1.807, 2.05) is 13.8 Å². The lowest BCUT2D eigenvalue weighted by Crippen LogP contribution is -2.17. The summed E-state index contributed by atoms with van der Waals surface area (Å²) in [6.45, 7) is 3.77. The fourth-order valence-corrected chi connectivity index (χ4v) is 1.97. The van der Waals surface area contributed by atoms with Gasteiger partial charge in [-0.25, -0.2) is 4.98 Å². The molecule has 2 nitrogen and oxygen atoms in total. The Balaban J connectivity index is 2.65. The van der Waals surface area contributed by atoms with Gasteiger partial charge in [0.15, 0.2) is 5.75 Å². The number of halogens is 4. The summed E-state index contributed by atoms with van der Waals surface area (Å²) in [5.74, 6) is -0.282. The molecule has 0 saturated heterocycles. The summed E-state index contributed by atoms with van der Waals surface area (Å²) in [6, 6.07) is 5.94. The minimum atomic E-state index is -4.75. The lowest BCUT2D eigenvalue weighted by Gasteiger charge is -2.13. The van der Waals surface area contributed by atoms with Gasteiger partial charge in [-0.05, 0) is 18.1 Å². The first-order valence-electron chi connectivity index (χ1n) is 5.63. The van der Waals surface area contributed by atoms with Gasteiger partial charge in [-0.15, -0.1) is 13.2 Å². The van der Waals surface area contributed by atoms with Gasteiger partial charge in [0.2, 0.25) is 0 Å². The van der Waals surface area contributed by atoms with E-state index in [1.54, 1.807) is 12.1 Å². The molecule has 2 aromatic rings. The van der Waals surface area contributed by atoms with E-state index in [0.717, 1.165) is 0 Å². The van der Waals surface area contributed by atoms with E-state index < -0.39 is 6.36 Å². The Kier molecular flexibility index (Phi) is 3.58. The van der Waals surface area contributed by atoms with Crippen molar-refractivity contribution in [3.05, 3.63) is 35.0 Å². The lowest BCUT2D eigenvalue weighted by molar-refractivity contribution is -0.274. The van der Waals surface area contributed by atoms with Crippen molar-refractivity contribution in [3.8, 4) is 5.75 Å². The maximum absolute atomic E-state index is 12.3. The summed E-state index contributed by atoms with van der Waals surface area (Å²) >= 11 is 6.07. The molecular formula is C13H11ClF3NO. The van der Waals surface area contributed by atoms with Crippen molar-refractivity contribution in [2.75, 3.05) is 0 Å². The molecule has 0 amide bonds. The number of rotatable bonds is 2. The highest BCUT2D eigenvalue weighted by Crippen LogP contribution is 2.34. The maximum atomic E-state index is 12.3. The van der Waals surface area contributed by atoms with Gasteiger partial charge < -0.3 is 4.74 Å². The van der Waals surface area contributed by atoms with Crippen molar-refractivity contribution in [2.45, 2.75) is 26.1 Å². The number of hydrogen-bond donors (Lipinski definition) is 0. The highest BCUT2D eigenvalue weighted by Gasteiger charge is 2.32. The number of pyridine rings is 1. The van der Waals surface area contributed by atoms with E-state index >= 15 is 0 Å². The molecule has 102 valence electrons. The Morgan fingerprint density at radius 1 is 1.26 bits per heavy atom. The quantitative estimate of drug-likeness (QED) is 0.783. The van der Waals surface area contributed by atoms with Crippen LogP contribution in [-0.2, 0) is 0 Å². The monoisotopic (exact) mass is 289 g/mol. The molecule has 0 unspecified atom stereocenters. The summed E-state index contributed by atoms with van der Waals surface area (Å²) in [4.78, 5) is 4.21. The van der Waals surface area contributed by atoms with Gasteiger partial charge in [0.1, 0.15) is 5.52 Å². The largest absolute Gasteiger partial charge is 0.573 e. The molecule has 0 fully saturated rings. The summed E-state index contributed by atoms with van der Waals surface area (Å²) in [7, 11) is 0. The average Bonchev–Trinajstić information content (AvgIpc) is 2.27. The second-order valence-corrected chi connectivity index (χ2v) is 4.79. The van der Waals surface area contributed by atoms with E-state index in [9.17, 15) is 13.2 Å². The van der Waals surface area contributed by atoms with Crippen molar-refractivity contribution >= 4 is 22.5 Å². The molecular weight excluding hydrogens is 279 g/mol. The van der Waals surface area contributed by atoms with Gasteiger partial charge >= 0.3 is 6.36 Å². The first kappa shape index (κ1) is 13.9. The molecule has 0 atom stereocenters. The predicted octanol–water partition coefficient (Wildman–Crippen LogP) is 4.91. The summed E-state index contributed by atoms with van der Waals surface area (Å²) in [5.41, 5.74) is 0.742. The number of nitrogens with zero attached hydrogens (tertiary/aromatic N) is 1. The van der Waals surface area contributed by atoms with Gasteiger partial charge in [-0.3, -0.25) is 0 Å². The first-order valence-corrected chi connectivity index (χ1v) is 6.00. The van der Waals surface area contributed by atoms with Crippen LogP contribution in [0.2, 0.25) is 5.02 Å². The SMILES string of the molecule is CC(C)c1cc(Cl)c2cccc(OC(F)(F)F)c2n1. The number of fused-ring (bicyclic) bond motifs is 1. The molecule has 0 spiro atoms. The van der Waals surface area contributed by atoms with Crippen LogP contribution in [0.4, 0.5) is 13.2 Å². The molecule has 0 radical (unpaired) electrons. The van der Waals surface area contributed by atoms with Crippen LogP contribution < -0.4 is 4.74 Å². The van der Waals surface area contributed by atoms with Crippen LogP contribution >= 0.6 is 11.6 Å². The van der Waals surface area contributed by atoms with Crippen LogP contribution in [0.25, 0.3) is 10.9 Å². The van der Waals surface area contributed by atoms with E-state index in [1.165, 1.54) is 12.1 Å². The predicted molar refractivity (Wildman–Crippen MR) is 67.5 cm³/mol. The molecule has 0 N–H and O–H groups in total. The Morgan fingerprint density at radius 2 is 1.95 bits per heavy atom. The number of ether oxygens (including phenoxy) is 1. The Labute approximate surface area is 113 Å². The number of aromatic nitrogens is 1. The topological polar surface area (TPSA) is 22.1 Å². The maximum Gasteiger partial charge on any atom is 0.573 e. The van der Waals surface area contributed by atoms with E-state index in [0.29, 0.717) is 16.1 Å². The zero-order valence-corrected chi connectivity index (χ0v) is 11.0. The van der Waals surface area contributed by atoms with Crippen LogP contribution in [0.1, 0.15) is 25.5 Å². The molecule has 1 aromatic heterocycles. The minimum absolute atomic E-state index is 0.0563. The zero-order chi connectivity index (χ0) is 14.2. The molecule has 0 aliphatic carbocycles. The van der Waals surface area contributed by atoms with Crippen LogP contribution in [0.3, 0.4) is 0 Å². The smallest absolute Gasteiger partial charge is 0.403 e. The van der Waals surface area contributed by atoms with Crippen molar-refractivity contribution in [1.82, 2.24) is 4.98 Å². The Bertz CT molecular complexity index is 611. The van der Waals surface area contributed by atoms with Gasteiger partial charge in [0, 0.05) is 11.1 Å². The molecule has 6 heteroatoms. The molecule has 2 rings (SSSR count). The van der Waals surface area contributed by atoms with E-state index in [4.69, 9.17) is 11.6 Å². The van der Waals surface area contributed by atoms with E-state index in [-0.39, 0.29) is 17.2 Å². The zero-order valence-electron chi connectivity index (χ0n) is 10.3. The fourth-order valence-electron chi connectivity index (χ4n) is 1.70. The van der Waals surface area contributed by atoms with Crippen LogP contribution in [0.5, 0.6) is 5.75 Å². The molecule has 1 heterocycles. The van der Waals surface area contributed by atoms with Gasteiger partial charge in [-0.2, -0.15) is 0 Å². The number of para-hydroxylation sites is 1. The third-order valence-corrected chi connectivity index (χ3v) is 2.90. The summed E-state index contributed by atoms with van der Waals surface area (Å²) in [5, 5.41) is 0.800. The third-order valence-electron chi connectivity index (χ3n) is 2.59. The van der Waals surface area contributed by atoms with Crippen LogP contribution in [-0.4, -0.2) is 11.3 Å². The molecule has 0 bridgehead atoms. The van der Waals surface area contributed by atoms with E-state index in [2.05, 4.69) is 9.72 Å². The van der Waals surface area contributed by atoms with Gasteiger partial charge in [-0.1, -0.05) is 37.6 Å². The fraction of sp³-hybridized carbons (Fsp3) is 0.308.